The van der Waals surface area contributed by atoms with Gasteiger partial charge in [-0.2, -0.15) is 0 Å². The quantitative estimate of drug-likeness (QED) is 0.0158. The fourth-order valence-electron chi connectivity index (χ4n) is 8.98. The smallest absolute Gasteiger partial charge is 0.200 e. The Morgan fingerprint density at radius 1 is 0.274 bits per heavy atom. The van der Waals surface area contributed by atoms with Gasteiger partial charge in [0.05, 0.1) is 6.54 Å². The predicted octanol–water partition coefficient (Wildman–Crippen LogP) is 13.9. The minimum Gasteiger partial charge on any atom is -0.314 e. The van der Waals surface area contributed by atoms with Crippen LogP contribution >= 0.6 is 0 Å². The van der Waals surface area contributed by atoms with Crippen molar-refractivity contribution in [3.05, 3.63) is 146 Å². The number of nitrogens with two attached hydrogens (primary N) is 1. The van der Waals surface area contributed by atoms with E-state index in [-0.39, 0.29) is 0 Å². The lowest BCUT2D eigenvalue weighted by atomic mass is 9.12. The van der Waals surface area contributed by atoms with Crippen LogP contribution in [0, 0.1) is 116 Å². The zero-order valence-electron chi connectivity index (χ0n) is 39.5. The van der Waals surface area contributed by atoms with Gasteiger partial charge in [0.1, 0.15) is 58.4 Å². The topological polar surface area (TPSA) is 16.6 Å². The maximum Gasteiger partial charge on any atom is 0.200 e. The molecule has 2 N–H and O–H groups in total. The first-order valence-electron chi connectivity index (χ1n) is 23.7. The molecule has 0 aliphatic rings. The Labute approximate surface area is 408 Å². The standard InChI is InChI=1S/C27H49N.C24BF20/c1-3-5-6-7-8-9-10-11-12-13-14-15-16-17-18-19-20-21-26-22-24-27(25-23-26)28-4-2;26-5-1(6(27)14(35)21(42)13(5)34)25(2-7(28)15(36)22(43)16(37)8(2)29,3-9(30)17(38)23(44)18(39)10(3)31)4-11(32)19(40)24(45)20(41)12(4)33/h22-25,28H,3-21H2,1-2H3;/q;-1/p+1. The Hall–Kier alpha value is -5.28. The summed E-state index contributed by atoms with van der Waals surface area (Å²) in [5.74, 6) is -71.4. The summed E-state index contributed by atoms with van der Waals surface area (Å²) in [6, 6.07) is 9.17. The molecule has 5 aromatic rings. The number of rotatable bonds is 24. The molecule has 0 amide bonds. The van der Waals surface area contributed by atoms with E-state index in [1.165, 1.54) is 127 Å². The summed E-state index contributed by atoms with van der Waals surface area (Å²) in [5.41, 5.74) is -11.5. The van der Waals surface area contributed by atoms with E-state index in [0.29, 0.717) is 0 Å². The minimum absolute atomic E-state index is 1.12. The molecule has 0 aromatic heterocycles. The van der Waals surface area contributed by atoms with E-state index in [1.807, 2.05) is 0 Å². The van der Waals surface area contributed by atoms with Crippen molar-refractivity contribution in [2.45, 2.75) is 129 Å². The number of hydrogen-bond acceptors (Lipinski definition) is 0. The molecule has 73 heavy (non-hydrogen) atoms. The molecule has 0 radical (unpaired) electrons. The van der Waals surface area contributed by atoms with E-state index >= 15 is 35.1 Å². The van der Waals surface area contributed by atoms with E-state index in [1.54, 1.807) is 0 Å². The third-order valence-electron chi connectivity index (χ3n) is 12.7. The van der Waals surface area contributed by atoms with E-state index in [2.05, 4.69) is 43.4 Å². The van der Waals surface area contributed by atoms with E-state index in [0.717, 1.165) is 6.54 Å². The Bertz CT molecular complexity index is 2290. The maximum atomic E-state index is 15.4. The van der Waals surface area contributed by atoms with Crippen LogP contribution in [0.5, 0.6) is 0 Å². The molecule has 1 nitrogen and oxygen atoms in total. The molecule has 0 spiro atoms. The Morgan fingerprint density at radius 3 is 0.699 bits per heavy atom. The SMILES string of the molecule is CCCCCCCCCCCCCCCCCCCc1ccc([NH2+]CC)cc1.Fc1c(F)c(F)c([B-](c2c(F)c(F)c(F)c(F)c2F)(c2c(F)c(F)c(F)c(F)c2F)c2c(F)c(F)c(F)c(F)c2F)c(F)c1F. The van der Waals surface area contributed by atoms with Crippen LogP contribution in [0.25, 0.3) is 0 Å². The Morgan fingerprint density at radius 2 is 0.479 bits per heavy atom. The van der Waals surface area contributed by atoms with Gasteiger partial charge in [-0.15, -0.1) is 21.9 Å². The summed E-state index contributed by atoms with van der Waals surface area (Å²) >= 11 is 0. The van der Waals surface area contributed by atoms with Crippen LogP contribution in [-0.2, 0) is 6.42 Å². The molecule has 0 saturated heterocycles. The summed E-state index contributed by atoms with van der Waals surface area (Å²) in [6.07, 6.45) is 18.7. The van der Waals surface area contributed by atoms with Crippen molar-refractivity contribution in [3.63, 3.8) is 0 Å². The molecule has 0 atom stereocenters. The number of unbranched alkanes of at least 4 members (excludes halogenated alkanes) is 16. The Kier molecular flexibility index (Phi) is 22.6. The highest BCUT2D eigenvalue weighted by Gasteiger charge is 2.52. The molecule has 0 heterocycles. The van der Waals surface area contributed by atoms with Crippen molar-refractivity contribution in [1.29, 1.82) is 0 Å². The molecule has 22 heteroatoms. The van der Waals surface area contributed by atoms with Gasteiger partial charge < -0.3 is 5.32 Å². The summed E-state index contributed by atoms with van der Waals surface area (Å²) in [4.78, 5) is 0. The molecule has 0 aliphatic heterocycles. The molecule has 0 saturated carbocycles. The molecule has 402 valence electrons. The van der Waals surface area contributed by atoms with Gasteiger partial charge in [-0.3, -0.25) is 0 Å². The molecule has 5 rings (SSSR count). The van der Waals surface area contributed by atoms with Crippen LogP contribution in [0.3, 0.4) is 0 Å². The van der Waals surface area contributed by atoms with Gasteiger partial charge in [-0.05, 0) is 37.5 Å². The highest BCUT2D eigenvalue weighted by Crippen LogP contribution is 2.31. The van der Waals surface area contributed by atoms with Crippen LogP contribution in [0.2, 0.25) is 0 Å². The number of aryl methyl sites for hydroxylation is 1. The highest BCUT2D eigenvalue weighted by atomic mass is 19.2. The van der Waals surface area contributed by atoms with Gasteiger partial charge >= 0.3 is 0 Å². The van der Waals surface area contributed by atoms with Gasteiger partial charge in [0, 0.05) is 0 Å². The lowest BCUT2D eigenvalue weighted by molar-refractivity contribution is -0.567. The van der Waals surface area contributed by atoms with Crippen LogP contribution < -0.4 is 27.2 Å². The molecular formula is C51H50BF20N. The summed E-state index contributed by atoms with van der Waals surface area (Å²) in [6.45, 7) is 5.62. The van der Waals surface area contributed by atoms with E-state index in [9.17, 15) is 52.7 Å². The first-order chi connectivity index (χ1) is 34.6. The largest absolute Gasteiger partial charge is 0.314 e. The maximum absolute atomic E-state index is 15.4. The molecular weight excluding hydrogens is 1020 g/mol. The van der Waals surface area contributed by atoms with Crippen LogP contribution in [0.15, 0.2) is 24.3 Å². The lowest BCUT2D eigenvalue weighted by Crippen LogP contribution is -2.81. The van der Waals surface area contributed by atoms with Gasteiger partial charge in [-0.25, -0.2) is 87.8 Å². The zero-order valence-corrected chi connectivity index (χ0v) is 39.5. The number of halogens is 20. The van der Waals surface area contributed by atoms with Gasteiger partial charge in [0.15, 0.2) is 69.8 Å². The normalized spacial score (nSPS) is 11.7. The van der Waals surface area contributed by atoms with E-state index in [4.69, 9.17) is 0 Å². The summed E-state index contributed by atoms with van der Waals surface area (Å²) in [7, 11) is 0. The van der Waals surface area contributed by atoms with Crippen molar-refractivity contribution in [2.24, 2.45) is 0 Å². The lowest BCUT2D eigenvalue weighted by Gasteiger charge is -2.44. The van der Waals surface area contributed by atoms with Crippen molar-refractivity contribution < 1.29 is 93.1 Å². The second-order valence-corrected chi connectivity index (χ2v) is 17.6. The first-order valence-corrected chi connectivity index (χ1v) is 23.7. The molecule has 0 bridgehead atoms. The second-order valence-electron chi connectivity index (χ2n) is 17.6. The van der Waals surface area contributed by atoms with E-state index < -0.39 is 144 Å². The van der Waals surface area contributed by atoms with Gasteiger partial charge in [0.2, 0.25) is 0 Å². The van der Waals surface area contributed by atoms with Crippen molar-refractivity contribution in [1.82, 2.24) is 0 Å². The van der Waals surface area contributed by atoms with Crippen LogP contribution in [-0.4, -0.2) is 12.7 Å². The number of quaternary nitrogens is 1. The average molecular weight is 1070 g/mol. The number of hydrogen-bond donors (Lipinski definition) is 1. The predicted molar refractivity (Wildman–Crippen MR) is 236 cm³/mol. The summed E-state index contributed by atoms with van der Waals surface area (Å²) in [5, 5.41) is 2.29. The van der Waals surface area contributed by atoms with Crippen molar-refractivity contribution in [2.75, 3.05) is 6.54 Å². The molecule has 0 fully saturated rings. The fourth-order valence-corrected chi connectivity index (χ4v) is 8.98. The zero-order chi connectivity index (χ0) is 54.5. The monoisotopic (exact) mass is 1070 g/mol. The molecule has 0 aliphatic carbocycles. The molecule has 5 aromatic carbocycles. The van der Waals surface area contributed by atoms with Crippen LogP contribution in [0.1, 0.15) is 129 Å². The average Bonchev–Trinajstić information content (AvgIpc) is 3.37. The van der Waals surface area contributed by atoms with Gasteiger partial charge in [0.25, 0.3) is 0 Å². The van der Waals surface area contributed by atoms with Crippen molar-refractivity contribution >= 4 is 33.7 Å². The third kappa shape index (κ3) is 13.0. The summed E-state index contributed by atoms with van der Waals surface area (Å²) < 4.78 is 294. The minimum atomic E-state index is -7.22. The third-order valence-corrected chi connectivity index (χ3v) is 12.7. The fraction of sp³-hybridized carbons (Fsp3) is 0.412. The van der Waals surface area contributed by atoms with Crippen LogP contribution in [0.4, 0.5) is 93.5 Å². The number of benzene rings is 5. The second kappa shape index (κ2) is 27.3. The highest BCUT2D eigenvalue weighted by molar-refractivity contribution is 7.20. The van der Waals surface area contributed by atoms with Gasteiger partial charge in [-0.1, -0.05) is 122 Å². The first kappa shape index (κ1) is 60.3. The molecule has 0 unspecified atom stereocenters. The van der Waals surface area contributed by atoms with Crippen molar-refractivity contribution in [3.8, 4) is 0 Å². The Balaban J connectivity index is 0.000000355.